The van der Waals surface area contributed by atoms with E-state index in [2.05, 4.69) is 34.1 Å². The average Bonchev–Trinajstić information content (AvgIpc) is 3.47. The predicted octanol–water partition coefficient (Wildman–Crippen LogP) is 3.61. The van der Waals surface area contributed by atoms with Crippen LogP contribution in [0.5, 0.6) is 11.5 Å². The Bertz CT molecular complexity index is 1070. The molecule has 7 nitrogen and oxygen atoms in total. The summed E-state index contributed by atoms with van der Waals surface area (Å²) in [7, 11) is 3.17. The monoisotopic (exact) mass is 491 g/mol. The molecule has 1 saturated carbocycles. The van der Waals surface area contributed by atoms with Crippen LogP contribution in [0.4, 0.5) is 0 Å². The number of fused-ring (bicyclic) bond motifs is 1. The van der Waals surface area contributed by atoms with Crippen molar-refractivity contribution in [3.8, 4) is 11.5 Å². The third-order valence-corrected chi connectivity index (χ3v) is 8.13. The number of hydrogen-bond acceptors (Lipinski definition) is 5. The predicted molar refractivity (Wildman–Crippen MR) is 138 cm³/mol. The van der Waals surface area contributed by atoms with Crippen molar-refractivity contribution in [2.45, 2.75) is 44.7 Å². The van der Waals surface area contributed by atoms with E-state index >= 15 is 0 Å². The number of amides is 2. The van der Waals surface area contributed by atoms with E-state index in [0.717, 1.165) is 25.8 Å². The Morgan fingerprint density at radius 3 is 2.11 bits per heavy atom. The molecule has 2 amide bonds. The first-order valence-electron chi connectivity index (χ1n) is 13.2. The van der Waals surface area contributed by atoms with Gasteiger partial charge in [0.2, 0.25) is 5.91 Å². The molecule has 0 aromatic heterocycles. The Hall–Kier alpha value is -3.06. The molecule has 2 aromatic carbocycles. The second-order valence-electron chi connectivity index (χ2n) is 10.2. The smallest absolute Gasteiger partial charge is 0.254 e. The van der Waals surface area contributed by atoms with Crippen molar-refractivity contribution in [1.29, 1.82) is 0 Å². The fraction of sp³-hybridized carbons (Fsp3) is 0.517. The van der Waals surface area contributed by atoms with Crippen LogP contribution in [0, 0.1) is 5.92 Å². The second-order valence-corrected chi connectivity index (χ2v) is 10.2. The van der Waals surface area contributed by atoms with Crippen LogP contribution in [0.2, 0.25) is 0 Å². The minimum Gasteiger partial charge on any atom is -0.497 e. The SMILES string of the molecule is COc1cc(OC)cc(C(=O)N2CCN(C(C(=O)N3CCc4ccccc4C3)C3CCCC3)CC2)c1. The van der Waals surface area contributed by atoms with Crippen molar-refractivity contribution >= 4 is 11.8 Å². The molecule has 7 heteroatoms. The number of hydrogen-bond donors (Lipinski definition) is 0. The van der Waals surface area contributed by atoms with E-state index in [1.165, 1.54) is 24.0 Å². The second kappa shape index (κ2) is 10.9. The molecule has 0 N–H and O–H groups in total. The molecule has 1 atom stereocenters. The molecular weight excluding hydrogens is 454 g/mol. The van der Waals surface area contributed by atoms with E-state index in [9.17, 15) is 9.59 Å². The van der Waals surface area contributed by atoms with Crippen LogP contribution in [-0.2, 0) is 17.8 Å². The summed E-state index contributed by atoms with van der Waals surface area (Å²) in [5.41, 5.74) is 3.20. The summed E-state index contributed by atoms with van der Waals surface area (Å²) in [6.45, 7) is 4.13. The van der Waals surface area contributed by atoms with Gasteiger partial charge in [-0.2, -0.15) is 0 Å². The van der Waals surface area contributed by atoms with Gasteiger partial charge >= 0.3 is 0 Å². The molecule has 2 fully saturated rings. The molecular formula is C29H37N3O4. The molecule has 1 unspecified atom stereocenters. The van der Waals surface area contributed by atoms with Crippen molar-refractivity contribution in [2.75, 3.05) is 46.9 Å². The lowest BCUT2D eigenvalue weighted by molar-refractivity contribution is -0.141. The molecule has 1 aliphatic carbocycles. The molecule has 0 bridgehead atoms. The van der Waals surface area contributed by atoms with Crippen LogP contribution < -0.4 is 9.47 Å². The standard InChI is InChI=1S/C29H37N3O4/c1-35-25-17-24(18-26(19-25)36-2)28(33)31-15-13-30(14-16-31)27(22-8-4-5-9-22)29(34)32-12-11-21-7-3-6-10-23(21)20-32/h3,6-7,10,17-19,22,27H,4-5,8-9,11-16,20H2,1-2H3. The van der Waals surface area contributed by atoms with Gasteiger partial charge in [0.05, 0.1) is 20.3 Å². The normalized spacial score (nSPS) is 19.6. The Kier molecular flexibility index (Phi) is 7.46. The lowest BCUT2D eigenvalue weighted by atomic mass is 9.92. The van der Waals surface area contributed by atoms with Gasteiger partial charge in [0, 0.05) is 50.9 Å². The van der Waals surface area contributed by atoms with E-state index in [-0.39, 0.29) is 17.9 Å². The number of piperazine rings is 1. The van der Waals surface area contributed by atoms with Crippen molar-refractivity contribution in [3.63, 3.8) is 0 Å². The lowest BCUT2D eigenvalue weighted by Crippen LogP contribution is -2.58. The highest BCUT2D eigenvalue weighted by Gasteiger charge is 2.40. The maximum atomic E-state index is 13.9. The van der Waals surface area contributed by atoms with Gasteiger partial charge in [0.15, 0.2) is 0 Å². The first kappa shape index (κ1) is 24.6. The van der Waals surface area contributed by atoms with Gasteiger partial charge in [0.25, 0.3) is 5.91 Å². The zero-order valence-corrected chi connectivity index (χ0v) is 21.4. The third kappa shape index (κ3) is 5.07. The summed E-state index contributed by atoms with van der Waals surface area (Å²) in [5, 5.41) is 0. The Morgan fingerprint density at radius 2 is 1.47 bits per heavy atom. The maximum Gasteiger partial charge on any atom is 0.254 e. The molecule has 36 heavy (non-hydrogen) atoms. The topological polar surface area (TPSA) is 62.3 Å². The van der Waals surface area contributed by atoms with Gasteiger partial charge in [-0.25, -0.2) is 0 Å². The summed E-state index contributed by atoms with van der Waals surface area (Å²) in [5.74, 6) is 1.86. The summed E-state index contributed by atoms with van der Waals surface area (Å²) in [4.78, 5) is 33.6. The van der Waals surface area contributed by atoms with Crippen molar-refractivity contribution in [1.82, 2.24) is 14.7 Å². The van der Waals surface area contributed by atoms with Gasteiger partial charge in [0.1, 0.15) is 11.5 Å². The van der Waals surface area contributed by atoms with E-state index < -0.39 is 0 Å². The number of benzene rings is 2. The quantitative estimate of drug-likeness (QED) is 0.618. The van der Waals surface area contributed by atoms with Crippen molar-refractivity contribution in [2.24, 2.45) is 5.92 Å². The molecule has 192 valence electrons. The fourth-order valence-corrected chi connectivity index (χ4v) is 6.12. The molecule has 5 rings (SSSR count). The number of nitrogens with zero attached hydrogens (tertiary/aromatic N) is 3. The first-order valence-corrected chi connectivity index (χ1v) is 13.2. The highest BCUT2D eigenvalue weighted by Crippen LogP contribution is 2.33. The molecule has 0 spiro atoms. The third-order valence-electron chi connectivity index (χ3n) is 8.13. The van der Waals surface area contributed by atoms with Crippen LogP contribution in [0.25, 0.3) is 0 Å². The zero-order valence-electron chi connectivity index (χ0n) is 21.4. The van der Waals surface area contributed by atoms with E-state index in [1.54, 1.807) is 32.4 Å². The van der Waals surface area contributed by atoms with Gasteiger partial charge < -0.3 is 19.3 Å². The Morgan fingerprint density at radius 1 is 0.833 bits per heavy atom. The molecule has 2 aromatic rings. The van der Waals surface area contributed by atoms with Crippen LogP contribution >= 0.6 is 0 Å². The van der Waals surface area contributed by atoms with Crippen molar-refractivity contribution < 1.29 is 19.1 Å². The van der Waals surface area contributed by atoms with Crippen molar-refractivity contribution in [3.05, 3.63) is 59.2 Å². The average molecular weight is 492 g/mol. The van der Waals surface area contributed by atoms with Gasteiger partial charge in [-0.3, -0.25) is 14.5 Å². The summed E-state index contributed by atoms with van der Waals surface area (Å²) >= 11 is 0. The van der Waals surface area contributed by atoms with Crippen LogP contribution in [-0.4, -0.2) is 79.5 Å². The minimum absolute atomic E-state index is 0.0248. The van der Waals surface area contributed by atoms with Gasteiger partial charge in [-0.1, -0.05) is 37.1 Å². The van der Waals surface area contributed by atoms with E-state index in [4.69, 9.17) is 9.47 Å². The van der Waals surface area contributed by atoms with E-state index in [1.807, 2.05) is 4.90 Å². The zero-order chi connectivity index (χ0) is 25.1. The van der Waals surface area contributed by atoms with Crippen LogP contribution in [0.3, 0.4) is 0 Å². The first-order chi connectivity index (χ1) is 17.6. The number of carbonyl (C=O) groups excluding carboxylic acids is 2. The molecule has 1 saturated heterocycles. The van der Waals surface area contributed by atoms with Gasteiger partial charge in [-0.05, 0) is 48.4 Å². The molecule has 0 radical (unpaired) electrons. The fourth-order valence-electron chi connectivity index (χ4n) is 6.12. The lowest BCUT2D eigenvalue weighted by Gasteiger charge is -2.43. The van der Waals surface area contributed by atoms with Crippen LogP contribution in [0.15, 0.2) is 42.5 Å². The number of ether oxygens (including phenoxy) is 2. The molecule has 3 aliphatic rings. The largest absolute Gasteiger partial charge is 0.497 e. The number of rotatable bonds is 6. The number of carbonyl (C=O) groups is 2. The van der Waals surface area contributed by atoms with E-state index in [0.29, 0.717) is 55.7 Å². The minimum atomic E-state index is -0.0908. The summed E-state index contributed by atoms with van der Waals surface area (Å²) < 4.78 is 10.7. The Balaban J connectivity index is 1.28. The molecule has 2 heterocycles. The summed E-state index contributed by atoms with van der Waals surface area (Å²) in [6, 6.07) is 13.7. The summed E-state index contributed by atoms with van der Waals surface area (Å²) in [6.07, 6.45) is 5.56. The molecule has 2 aliphatic heterocycles. The Labute approximate surface area is 214 Å². The number of methoxy groups -OCH3 is 2. The maximum absolute atomic E-state index is 13.9. The highest BCUT2D eigenvalue weighted by molar-refractivity contribution is 5.95. The van der Waals surface area contributed by atoms with Crippen LogP contribution in [0.1, 0.15) is 47.2 Å². The highest BCUT2D eigenvalue weighted by atomic mass is 16.5. The van der Waals surface area contributed by atoms with Gasteiger partial charge in [-0.15, -0.1) is 0 Å².